The molecule has 1 unspecified atom stereocenters. The van der Waals surface area contributed by atoms with Crippen LogP contribution in [0.4, 0.5) is 4.39 Å². The monoisotopic (exact) mass is 382 g/mol. The lowest BCUT2D eigenvalue weighted by Crippen LogP contribution is -2.37. The molecule has 6 nitrogen and oxygen atoms in total. The molecule has 28 heavy (non-hydrogen) atoms. The molecule has 1 aliphatic rings. The number of halogens is 1. The molecule has 2 aromatic rings. The number of benzene rings is 2. The van der Waals surface area contributed by atoms with Crippen molar-refractivity contribution in [3.05, 3.63) is 77.1 Å². The minimum absolute atomic E-state index is 0.0642. The minimum Gasteiger partial charge on any atom is -0.507 e. The van der Waals surface area contributed by atoms with E-state index in [0.29, 0.717) is 11.1 Å². The van der Waals surface area contributed by atoms with Crippen molar-refractivity contribution in [2.24, 2.45) is 0 Å². The van der Waals surface area contributed by atoms with E-state index in [-0.39, 0.29) is 30.3 Å². The normalized spacial score (nSPS) is 18.4. The standard InChI is InChI=1S/C21H19FN2O4/c1-13(25)23-11-12-24-18(14-7-9-16(22)10-8-14)17(20(27)21(24)28)19(26)15-5-3-2-4-6-15/h2-10,18,26H,11-12H2,1H3,(H,23,25). The summed E-state index contributed by atoms with van der Waals surface area (Å²) in [5.74, 6) is -2.62. The van der Waals surface area contributed by atoms with Crippen molar-refractivity contribution in [3.8, 4) is 0 Å². The second-order valence-electron chi connectivity index (χ2n) is 6.39. The molecule has 2 N–H and O–H groups in total. The SMILES string of the molecule is CC(=O)NCCN1C(=O)C(=O)C(=C(O)c2ccccc2)C1c1ccc(F)cc1. The third-order valence-electron chi connectivity index (χ3n) is 4.50. The average Bonchev–Trinajstić information content (AvgIpc) is 2.93. The van der Waals surface area contributed by atoms with Gasteiger partial charge in [-0.25, -0.2) is 4.39 Å². The Balaban J connectivity index is 2.08. The summed E-state index contributed by atoms with van der Waals surface area (Å²) in [6.07, 6.45) is 0. The fourth-order valence-corrected chi connectivity index (χ4v) is 3.21. The Morgan fingerprint density at radius 3 is 2.36 bits per heavy atom. The third-order valence-corrected chi connectivity index (χ3v) is 4.50. The first-order chi connectivity index (χ1) is 13.4. The molecule has 7 heteroatoms. The summed E-state index contributed by atoms with van der Waals surface area (Å²) in [6, 6.07) is 12.9. The number of aliphatic hydroxyl groups excluding tert-OH is 1. The highest BCUT2D eigenvalue weighted by molar-refractivity contribution is 6.46. The van der Waals surface area contributed by atoms with Crippen LogP contribution in [0.15, 0.2) is 60.2 Å². The fourth-order valence-electron chi connectivity index (χ4n) is 3.21. The molecular formula is C21H19FN2O4. The molecule has 1 atom stereocenters. The van der Waals surface area contributed by atoms with E-state index in [2.05, 4.69) is 5.32 Å². The highest BCUT2D eigenvalue weighted by Gasteiger charge is 2.45. The Hall–Kier alpha value is -3.48. The van der Waals surface area contributed by atoms with Gasteiger partial charge in [0.2, 0.25) is 5.91 Å². The predicted octanol–water partition coefficient (Wildman–Crippen LogP) is 2.38. The molecule has 1 saturated heterocycles. The van der Waals surface area contributed by atoms with Gasteiger partial charge in [-0.15, -0.1) is 0 Å². The topological polar surface area (TPSA) is 86.7 Å². The first-order valence-corrected chi connectivity index (χ1v) is 8.74. The van der Waals surface area contributed by atoms with Gasteiger partial charge in [-0.2, -0.15) is 0 Å². The van der Waals surface area contributed by atoms with E-state index >= 15 is 0 Å². The van der Waals surface area contributed by atoms with E-state index in [4.69, 9.17) is 0 Å². The third kappa shape index (κ3) is 3.78. The highest BCUT2D eigenvalue weighted by Crippen LogP contribution is 2.39. The molecule has 0 bridgehead atoms. The molecule has 144 valence electrons. The number of nitrogens with zero attached hydrogens (tertiary/aromatic N) is 1. The van der Waals surface area contributed by atoms with E-state index < -0.39 is 23.5 Å². The zero-order valence-corrected chi connectivity index (χ0v) is 15.2. The van der Waals surface area contributed by atoms with Gasteiger partial charge in [0.25, 0.3) is 11.7 Å². The largest absolute Gasteiger partial charge is 0.507 e. The number of carbonyl (C=O) groups is 3. The van der Waals surface area contributed by atoms with Crippen molar-refractivity contribution >= 4 is 23.4 Å². The lowest BCUT2D eigenvalue weighted by Gasteiger charge is -2.25. The smallest absolute Gasteiger partial charge is 0.295 e. The molecule has 1 fully saturated rings. The van der Waals surface area contributed by atoms with E-state index in [1.807, 2.05) is 0 Å². The molecular weight excluding hydrogens is 363 g/mol. The first-order valence-electron chi connectivity index (χ1n) is 8.74. The van der Waals surface area contributed by atoms with Crippen LogP contribution in [0.2, 0.25) is 0 Å². The number of aliphatic hydroxyl groups is 1. The van der Waals surface area contributed by atoms with Crippen LogP contribution in [-0.2, 0) is 14.4 Å². The van der Waals surface area contributed by atoms with Crippen molar-refractivity contribution in [3.63, 3.8) is 0 Å². The van der Waals surface area contributed by atoms with Crippen LogP contribution in [0.3, 0.4) is 0 Å². The molecule has 0 aliphatic carbocycles. The number of hydrogen-bond donors (Lipinski definition) is 2. The molecule has 2 aromatic carbocycles. The second kappa shape index (κ2) is 8.04. The maximum Gasteiger partial charge on any atom is 0.295 e. The number of rotatable bonds is 5. The average molecular weight is 382 g/mol. The number of Topliss-reactive ketones (excluding diaryl/α,β-unsaturated/α-hetero) is 1. The van der Waals surface area contributed by atoms with Crippen molar-refractivity contribution in [2.45, 2.75) is 13.0 Å². The number of nitrogens with one attached hydrogen (secondary N) is 1. The van der Waals surface area contributed by atoms with E-state index in [9.17, 15) is 23.9 Å². The number of hydrogen-bond acceptors (Lipinski definition) is 4. The Morgan fingerprint density at radius 2 is 1.75 bits per heavy atom. The summed E-state index contributed by atoms with van der Waals surface area (Å²) in [5.41, 5.74) is 0.820. The van der Waals surface area contributed by atoms with Crippen LogP contribution in [-0.4, -0.2) is 40.7 Å². The molecule has 0 radical (unpaired) electrons. The second-order valence-corrected chi connectivity index (χ2v) is 6.39. The number of likely N-dealkylation sites (tertiary alicyclic amines) is 1. The highest BCUT2D eigenvalue weighted by atomic mass is 19.1. The van der Waals surface area contributed by atoms with Crippen LogP contribution >= 0.6 is 0 Å². The predicted molar refractivity (Wildman–Crippen MR) is 101 cm³/mol. The van der Waals surface area contributed by atoms with Crippen molar-refractivity contribution in [1.29, 1.82) is 0 Å². The van der Waals surface area contributed by atoms with Crippen LogP contribution in [0.1, 0.15) is 24.1 Å². The van der Waals surface area contributed by atoms with Gasteiger partial charge in [0, 0.05) is 25.6 Å². The van der Waals surface area contributed by atoms with Crippen molar-refractivity contribution in [1.82, 2.24) is 10.2 Å². The van der Waals surface area contributed by atoms with Gasteiger partial charge in [-0.3, -0.25) is 14.4 Å². The van der Waals surface area contributed by atoms with Gasteiger partial charge in [-0.05, 0) is 17.7 Å². The van der Waals surface area contributed by atoms with Gasteiger partial charge in [0.05, 0.1) is 11.6 Å². The van der Waals surface area contributed by atoms with Gasteiger partial charge in [0.1, 0.15) is 11.6 Å². The number of carbonyl (C=O) groups excluding carboxylic acids is 3. The molecule has 1 heterocycles. The Kier molecular flexibility index (Phi) is 5.54. The van der Waals surface area contributed by atoms with Gasteiger partial charge in [-0.1, -0.05) is 42.5 Å². The Bertz CT molecular complexity index is 939. The van der Waals surface area contributed by atoms with Crippen LogP contribution in [0, 0.1) is 5.82 Å². The summed E-state index contributed by atoms with van der Waals surface area (Å²) in [7, 11) is 0. The van der Waals surface area contributed by atoms with Crippen molar-refractivity contribution < 1.29 is 23.9 Å². The van der Waals surface area contributed by atoms with Crippen LogP contribution in [0.5, 0.6) is 0 Å². The first kappa shape index (κ1) is 19.3. The molecule has 3 rings (SSSR count). The molecule has 2 amide bonds. The van der Waals surface area contributed by atoms with E-state index in [0.717, 1.165) is 0 Å². The zero-order valence-electron chi connectivity index (χ0n) is 15.2. The molecule has 0 aromatic heterocycles. The number of amides is 2. The molecule has 0 saturated carbocycles. The lowest BCUT2D eigenvalue weighted by molar-refractivity contribution is -0.139. The van der Waals surface area contributed by atoms with Gasteiger partial charge in [0.15, 0.2) is 0 Å². The van der Waals surface area contributed by atoms with Gasteiger partial charge < -0.3 is 15.3 Å². The van der Waals surface area contributed by atoms with Crippen LogP contribution < -0.4 is 5.32 Å². The Labute approximate surface area is 161 Å². The van der Waals surface area contributed by atoms with Crippen LogP contribution in [0.25, 0.3) is 5.76 Å². The summed E-state index contributed by atoms with van der Waals surface area (Å²) in [4.78, 5) is 37.7. The number of ketones is 1. The fraction of sp³-hybridized carbons (Fsp3) is 0.190. The zero-order chi connectivity index (χ0) is 20.3. The lowest BCUT2D eigenvalue weighted by atomic mass is 9.95. The van der Waals surface area contributed by atoms with Crippen molar-refractivity contribution in [2.75, 3.05) is 13.1 Å². The molecule has 1 aliphatic heterocycles. The summed E-state index contributed by atoms with van der Waals surface area (Å²) >= 11 is 0. The summed E-state index contributed by atoms with van der Waals surface area (Å²) < 4.78 is 13.4. The maximum atomic E-state index is 13.4. The quantitative estimate of drug-likeness (QED) is 0.472. The van der Waals surface area contributed by atoms with E-state index in [1.54, 1.807) is 30.3 Å². The van der Waals surface area contributed by atoms with E-state index in [1.165, 1.54) is 36.1 Å². The minimum atomic E-state index is -0.880. The van der Waals surface area contributed by atoms with Gasteiger partial charge >= 0.3 is 0 Å². The molecule has 0 spiro atoms. The summed E-state index contributed by atoms with van der Waals surface area (Å²) in [5, 5.41) is 13.3. The Morgan fingerprint density at radius 1 is 1.11 bits per heavy atom. The summed E-state index contributed by atoms with van der Waals surface area (Å²) in [6.45, 7) is 1.56. The maximum absolute atomic E-state index is 13.4.